The second-order valence-electron chi connectivity index (χ2n) is 10.3. The Morgan fingerprint density at radius 2 is 1.97 bits per heavy atom. The van der Waals surface area contributed by atoms with Gasteiger partial charge in [0.15, 0.2) is 0 Å². The molecule has 2 bridgehead atoms. The lowest BCUT2D eigenvalue weighted by Gasteiger charge is -2.25. The molecular weight excluding hydrogens is 468 g/mol. The molecule has 5 atom stereocenters. The number of aliphatic hydroxyl groups is 1. The smallest absolute Gasteiger partial charge is 0.384 e. The van der Waals surface area contributed by atoms with E-state index in [-0.39, 0.29) is 25.1 Å². The van der Waals surface area contributed by atoms with Crippen LogP contribution in [0.25, 0.3) is 0 Å². The van der Waals surface area contributed by atoms with Gasteiger partial charge in [0, 0.05) is 25.9 Å². The van der Waals surface area contributed by atoms with Crippen molar-refractivity contribution in [1.29, 1.82) is 0 Å². The molecule has 0 amide bonds. The molecular formula is C31H44O6. The molecule has 1 aliphatic carbocycles. The number of hydrogen-bond donors (Lipinski definition) is 1. The van der Waals surface area contributed by atoms with Crippen LogP contribution in [0.15, 0.2) is 48.6 Å². The Bertz CT molecular complexity index is 857. The van der Waals surface area contributed by atoms with Crippen LogP contribution in [-0.4, -0.2) is 55.5 Å². The zero-order valence-corrected chi connectivity index (χ0v) is 22.3. The van der Waals surface area contributed by atoms with Gasteiger partial charge < -0.3 is 24.1 Å². The molecule has 3 rings (SSSR count). The number of cyclic esters (lactones) is 1. The van der Waals surface area contributed by atoms with Gasteiger partial charge in [-0.15, -0.1) is 0 Å². The van der Waals surface area contributed by atoms with Crippen LogP contribution >= 0.6 is 0 Å². The van der Waals surface area contributed by atoms with Gasteiger partial charge in [0.05, 0.1) is 18.3 Å². The SMILES string of the molecule is C=C1CCC[C@@H]2CC=C[C@@H](CC#CC(=O)O[C@H]([C@@H](O)/C=C/C3CCCCC3)C/C=C/[C@@H](OCOC)C1)O2. The second-order valence-corrected chi connectivity index (χ2v) is 10.3. The third-order valence-electron chi connectivity index (χ3n) is 7.15. The molecule has 2 heterocycles. The minimum atomic E-state index is -0.915. The number of hydrogen-bond acceptors (Lipinski definition) is 6. The minimum Gasteiger partial charge on any atom is -0.449 e. The van der Waals surface area contributed by atoms with E-state index in [0.29, 0.717) is 25.2 Å². The molecule has 0 spiro atoms. The number of allylic oxidation sites excluding steroid dienone is 1. The van der Waals surface area contributed by atoms with Gasteiger partial charge in [0.2, 0.25) is 0 Å². The Hall–Kier alpha value is -2.17. The van der Waals surface area contributed by atoms with Gasteiger partial charge >= 0.3 is 5.97 Å². The van der Waals surface area contributed by atoms with Gasteiger partial charge in [-0.05, 0) is 50.9 Å². The lowest BCUT2D eigenvalue weighted by Crippen LogP contribution is -2.29. The second kappa shape index (κ2) is 16.6. The first-order chi connectivity index (χ1) is 18.0. The van der Waals surface area contributed by atoms with Crippen molar-refractivity contribution < 1.29 is 28.8 Å². The predicted molar refractivity (Wildman–Crippen MR) is 145 cm³/mol. The number of fused-ring (bicyclic) bond motifs is 2. The molecule has 204 valence electrons. The largest absolute Gasteiger partial charge is 0.449 e. The van der Waals surface area contributed by atoms with E-state index < -0.39 is 18.2 Å². The van der Waals surface area contributed by atoms with Crippen LogP contribution in [0.4, 0.5) is 0 Å². The lowest BCUT2D eigenvalue weighted by molar-refractivity contribution is -0.145. The highest BCUT2D eigenvalue weighted by atomic mass is 16.7. The van der Waals surface area contributed by atoms with Crippen molar-refractivity contribution in [3.63, 3.8) is 0 Å². The Morgan fingerprint density at radius 1 is 1.16 bits per heavy atom. The first-order valence-corrected chi connectivity index (χ1v) is 13.8. The molecule has 0 aromatic heterocycles. The molecule has 0 aromatic rings. The van der Waals surface area contributed by atoms with E-state index in [1.54, 1.807) is 13.2 Å². The maximum absolute atomic E-state index is 12.6. The number of carbonyl (C=O) groups excluding carboxylic acids is 1. The molecule has 37 heavy (non-hydrogen) atoms. The van der Waals surface area contributed by atoms with Crippen LogP contribution < -0.4 is 0 Å². The molecule has 6 heteroatoms. The fourth-order valence-electron chi connectivity index (χ4n) is 5.07. The summed E-state index contributed by atoms with van der Waals surface area (Å²) in [5.74, 6) is 5.33. The molecule has 1 fully saturated rings. The number of ether oxygens (including phenoxy) is 4. The van der Waals surface area contributed by atoms with Crippen LogP contribution in [0.5, 0.6) is 0 Å². The Kier molecular flexibility index (Phi) is 13.2. The Balaban J connectivity index is 1.73. The van der Waals surface area contributed by atoms with E-state index in [1.807, 2.05) is 18.2 Å². The number of rotatable bonds is 6. The van der Waals surface area contributed by atoms with Crippen LogP contribution in [0, 0.1) is 17.8 Å². The van der Waals surface area contributed by atoms with Gasteiger partial charge in [0.25, 0.3) is 0 Å². The number of aliphatic hydroxyl groups excluding tert-OH is 1. The summed E-state index contributed by atoms with van der Waals surface area (Å²) in [6.45, 7) is 4.43. The lowest BCUT2D eigenvalue weighted by atomic mass is 9.88. The van der Waals surface area contributed by atoms with Crippen LogP contribution in [0.3, 0.4) is 0 Å². The summed E-state index contributed by atoms with van der Waals surface area (Å²) in [4.78, 5) is 12.6. The molecule has 1 saturated carbocycles. The van der Waals surface area contributed by atoms with Gasteiger partial charge in [-0.25, -0.2) is 4.79 Å². The standard InChI is InChI=1S/C31H44O6/c1-24-10-6-13-26-14-7-15-27(36-26)16-9-19-31(33)37-30(18-8-17-28(22-24)35-23-34-2)29(32)21-20-25-11-4-3-5-12-25/h7-8,15,17,20-21,25-30,32H,1,3-6,10-14,16,18,22-23H2,2H3/b17-8+,21-20+/t26-,27+,28-,29+,30+/m1/s1. The quantitative estimate of drug-likeness (QED) is 0.165. The molecule has 0 saturated heterocycles. The summed E-state index contributed by atoms with van der Waals surface area (Å²) in [7, 11) is 1.59. The van der Waals surface area contributed by atoms with Crippen LogP contribution in [0.2, 0.25) is 0 Å². The van der Waals surface area contributed by atoms with Gasteiger partial charge in [-0.3, -0.25) is 0 Å². The van der Waals surface area contributed by atoms with Crippen molar-refractivity contribution >= 4 is 5.97 Å². The average Bonchev–Trinajstić information content (AvgIpc) is 2.90. The fraction of sp³-hybridized carbons (Fsp3) is 0.645. The highest BCUT2D eigenvalue weighted by Gasteiger charge is 2.22. The topological polar surface area (TPSA) is 74.2 Å². The van der Waals surface area contributed by atoms with E-state index in [2.05, 4.69) is 30.6 Å². The summed E-state index contributed by atoms with van der Waals surface area (Å²) >= 11 is 0. The molecule has 0 aromatic carbocycles. The number of methoxy groups -OCH3 is 1. The zero-order valence-electron chi connectivity index (χ0n) is 22.3. The summed E-state index contributed by atoms with van der Waals surface area (Å²) in [5.41, 5.74) is 1.11. The maximum Gasteiger partial charge on any atom is 0.384 e. The zero-order chi connectivity index (χ0) is 26.3. The van der Waals surface area contributed by atoms with E-state index in [1.165, 1.54) is 19.3 Å². The van der Waals surface area contributed by atoms with Gasteiger partial charge in [0.1, 0.15) is 19.0 Å². The predicted octanol–water partition coefficient (Wildman–Crippen LogP) is 5.57. The van der Waals surface area contributed by atoms with Crippen LogP contribution in [0.1, 0.15) is 77.0 Å². The normalized spacial score (nSPS) is 30.5. The van der Waals surface area contributed by atoms with E-state index in [4.69, 9.17) is 18.9 Å². The van der Waals surface area contributed by atoms with Crippen molar-refractivity contribution in [1.82, 2.24) is 0 Å². The average molecular weight is 513 g/mol. The molecule has 0 radical (unpaired) electrons. The third kappa shape index (κ3) is 11.4. The molecule has 2 aliphatic heterocycles. The molecule has 6 nitrogen and oxygen atoms in total. The first-order valence-electron chi connectivity index (χ1n) is 13.8. The highest BCUT2D eigenvalue weighted by Crippen LogP contribution is 2.25. The third-order valence-corrected chi connectivity index (χ3v) is 7.15. The number of esters is 1. The van der Waals surface area contributed by atoms with Gasteiger partial charge in [-0.2, -0.15) is 0 Å². The summed E-state index contributed by atoms with van der Waals surface area (Å²) in [6.07, 6.45) is 21.2. The molecule has 1 N–H and O–H groups in total. The van der Waals surface area contributed by atoms with Crippen molar-refractivity contribution in [2.75, 3.05) is 13.9 Å². The van der Waals surface area contributed by atoms with E-state index in [9.17, 15) is 9.90 Å². The Morgan fingerprint density at radius 3 is 2.78 bits per heavy atom. The highest BCUT2D eigenvalue weighted by molar-refractivity contribution is 5.88. The number of carbonyl (C=O) groups is 1. The maximum atomic E-state index is 12.6. The van der Waals surface area contributed by atoms with Crippen molar-refractivity contribution in [2.45, 2.75) is 108 Å². The molecule has 0 unspecified atom stereocenters. The Labute approximate surface area is 222 Å². The summed E-state index contributed by atoms with van der Waals surface area (Å²) in [5, 5.41) is 10.9. The first kappa shape index (κ1) is 29.4. The summed E-state index contributed by atoms with van der Waals surface area (Å²) in [6, 6.07) is 0. The van der Waals surface area contributed by atoms with E-state index in [0.717, 1.165) is 44.1 Å². The molecule has 3 aliphatic rings. The fourth-order valence-corrected chi connectivity index (χ4v) is 5.07. The van der Waals surface area contributed by atoms with Crippen LogP contribution in [-0.2, 0) is 23.7 Å². The monoisotopic (exact) mass is 512 g/mol. The van der Waals surface area contributed by atoms with E-state index >= 15 is 0 Å². The van der Waals surface area contributed by atoms with Crippen molar-refractivity contribution in [3.05, 3.63) is 48.6 Å². The van der Waals surface area contributed by atoms with Crippen molar-refractivity contribution in [3.8, 4) is 11.8 Å². The minimum absolute atomic E-state index is 0.129. The van der Waals surface area contributed by atoms with Gasteiger partial charge in [-0.1, -0.05) is 73.8 Å². The van der Waals surface area contributed by atoms with Crippen molar-refractivity contribution in [2.24, 2.45) is 5.92 Å². The summed E-state index contributed by atoms with van der Waals surface area (Å²) < 4.78 is 22.7.